The first-order valence-corrected chi connectivity index (χ1v) is 5.42. The Kier molecular flexibility index (Phi) is 3.30. The van der Waals surface area contributed by atoms with Crippen LogP contribution in [-0.2, 0) is 0 Å². The number of pyridine rings is 1. The van der Waals surface area contributed by atoms with E-state index in [1.54, 1.807) is 42.6 Å². The number of benzene rings is 1. The van der Waals surface area contributed by atoms with Crippen molar-refractivity contribution in [3.63, 3.8) is 0 Å². The number of nitrogens with zero attached hydrogens (tertiary/aromatic N) is 1. The minimum absolute atomic E-state index is 0.258. The van der Waals surface area contributed by atoms with Gasteiger partial charge in [0.1, 0.15) is 5.82 Å². The molecule has 3 N–H and O–H groups in total. The third-order valence-electron chi connectivity index (χ3n) is 2.17. The molecule has 1 aromatic carbocycles. The fourth-order valence-electron chi connectivity index (χ4n) is 1.35. The van der Waals surface area contributed by atoms with Crippen LogP contribution < -0.4 is 11.1 Å². The maximum absolute atomic E-state index is 11.9. The summed E-state index contributed by atoms with van der Waals surface area (Å²) in [5.41, 5.74) is 6.64. The zero-order valence-corrected chi connectivity index (χ0v) is 9.82. The van der Waals surface area contributed by atoms with Crippen LogP contribution in [0.1, 0.15) is 10.4 Å². The Labute approximate surface area is 104 Å². The zero-order valence-electron chi connectivity index (χ0n) is 8.92. The zero-order chi connectivity index (χ0) is 12.3. The van der Waals surface area contributed by atoms with Crippen molar-refractivity contribution in [2.75, 3.05) is 11.1 Å². The van der Waals surface area contributed by atoms with Crippen LogP contribution in [0.2, 0.25) is 0 Å². The number of aromatic nitrogens is 1. The first kappa shape index (κ1) is 11.5. The third-order valence-corrected chi connectivity index (χ3v) is 2.53. The quantitative estimate of drug-likeness (QED) is 0.561. The highest BCUT2D eigenvalue weighted by Gasteiger charge is 2.08. The second kappa shape index (κ2) is 4.88. The molecule has 1 aromatic heterocycles. The molecule has 5 heteroatoms. The van der Waals surface area contributed by atoms with Gasteiger partial charge in [-0.25, -0.2) is 4.98 Å². The highest BCUT2D eigenvalue weighted by Crippen LogP contribution is 2.16. The molecule has 86 valence electrons. The number of anilines is 2. The van der Waals surface area contributed by atoms with Gasteiger partial charge in [0.05, 0.1) is 0 Å². The van der Waals surface area contributed by atoms with Crippen molar-refractivity contribution >= 4 is 30.0 Å². The third kappa shape index (κ3) is 2.76. The Bertz CT molecular complexity index is 557. The molecule has 0 aliphatic rings. The van der Waals surface area contributed by atoms with Crippen LogP contribution in [0, 0.1) is 0 Å². The molecule has 1 amide bonds. The van der Waals surface area contributed by atoms with Crippen molar-refractivity contribution in [2.24, 2.45) is 0 Å². The Morgan fingerprint density at radius 2 is 2.12 bits per heavy atom. The highest BCUT2D eigenvalue weighted by molar-refractivity contribution is 7.80. The molecule has 0 bridgehead atoms. The van der Waals surface area contributed by atoms with Gasteiger partial charge in [0.2, 0.25) is 0 Å². The molecule has 1 heterocycles. The molecule has 17 heavy (non-hydrogen) atoms. The molecule has 0 atom stereocenters. The van der Waals surface area contributed by atoms with E-state index in [1.165, 1.54) is 0 Å². The lowest BCUT2D eigenvalue weighted by molar-refractivity contribution is 0.102. The number of thiol groups is 1. The summed E-state index contributed by atoms with van der Waals surface area (Å²) in [5.74, 6) is 0.176. The van der Waals surface area contributed by atoms with Crippen LogP contribution >= 0.6 is 12.6 Å². The molecule has 0 fully saturated rings. The van der Waals surface area contributed by atoms with E-state index in [0.717, 1.165) is 0 Å². The molecule has 2 aromatic rings. The largest absolute Gasteiger partial charge is 0.399 e. The number of hydrogen-bond donors (Lipinski definition) is 3. The number of nitrogen functional groups attached to an aromatic ring is 1. The molecule has 0 unspecified atom stereocenters. The molecule has 0 saturated heterocycles. The maximum atomic E-state index is 11.9. The Morgan fingerprint density at radius 1 is 1.29 bits per heavy atom. The highest BCUT2D eigenvalue weighted by atomic mass is 32.1. The lowest BCUT2D eigenvalue weighted by atomic mass is 10.2. The monoisotopic (exact) mass is 245 g/mol. The number of nitrogens with two attached hydrogens (primary N) is 1. The van der Waals surface area contributed by atoms with Crippen molar-refractivity contribution < 1.29 is 4.79 Å². The summed E-state index contributed by atoms with van der Waals surface area (Å²) in [5, 5.41) is 2.67. The first-order chi connectivity index (χ1) is 8.16. The van der Waals surface area contributed by atoms with Crippen LogP contribution in [0.3, 0.4) is 0 Å². The Morgan fingerprint density at radius 3 is 2.82 bits per heavy atom. The van der Waals surface area contributed by atoms with Gasteiger partial charge in [0.25, 0.3) is 5.91 Å². The molecule has 0 saturated carbocycles. The van der Waals surface area contributed by atoms with Crippen LogP contribution in [0.4, 0.5) is 11.5 Å². The molecular weight excluding hydrogens is 234 g/mol. The fourth-order valence-corrected chi connectivity index (χ4v) is 1.55. The normalized spacial score (nSPS) is 9.94. The van der Waals surface area contributed by atoms with Gasteiger partial charge in [-0.15, -0.1) is 12.6 Å². The molecule has 4 nitrogen and oxygen atoms in total. The average Bonchev–Trinajstić information content (AvgIpc) is 2.32. The summed E-state index contributed by atoms with van der Waals surface area (Å²) in [4.78, 5) is 16.5. The van der Waals surface area contributed by atoms with Crippen molar-refractivity contribution in [2.45, 2.75) is 4.90 Å². The minimum atomic E-state index is -0.258. The van der Waals surface area contributed by atoms with Crippen LogP contribution in [0.5, 0.6) is 0 Å². The van der Waals surface area contributed by atoms with Gasteiger partial charge >= 0.3 is 0 Å². The second-order valence-corrected chi connectivity index (χ2v) is 3.93. The van der Waals surface area contributed by atoms with E-state index >= 15 is 0 Å². The van der Waals surface area contributed by atoms with Crippen LogP contribution in [0.15, 0.2) is 47.5 Å². The minimum Gasteiger partial charge on any atom is -0.399 e. The topological polar surface area (TPSA) is 68.0 Å². The van der Waals surface area contributed by atoms with Crippen molar-refractivity contribution in [1.82, 2.24) is 4.98 Å². The van der Waals surface area contributed by atoms with E-state index in [2.05, 4.69) is 22.9 Å². The summed E-state index contributed by atoms with van der Waals surface area (Å²) in [6, 6.07) is 10.2. The van der Waals surface area contributed by atoms with Crippen LogP contribution in [0.25, 0.3) is 0 Å². The van der Waals surface area contributed by atoms with Crippen molar-refractivity contribution in [1.29, 1.82) is 0 Å². The van der Waals surface area contributed by atoms with E-state index in [9.17, 15) is 4.79 Å². The number of amides is 1. The summed E-state index contributed by atoms with van der Waals surface area (Å²) in [6.07, 6.45) is 1.59. The molecule has 0 radical (unpaired) electrons. The predicted molar refractivity (Wildman–Crippen MR) is 70.3 cm³/mol. The van der Waals surface area contributed by atoms with Crippen molar-refractivity contribution in [3.05, 3.63) is 48.2 Å². The fraction of sp³-hybridized carbons (Fsp3) is 0. The molecule has 0 spiro atoms. The summed E-state index contributed by atoms with van der Waals surface area (Å²) >= 11 is 4.20. The second-order valence-electron chi connectivity index (χ2n) is 3.45. The van der Waals surface area contributed by atoms with Crippen molar-refractivity contribution in [3.8, 4) is 0 Å². The van der Waals surface area contributed by atoms with Gasteiger partial charge in [0, 0.05) is 22.3 Å². The first-order valence-electron chi connectivity index (χ1n) is 4.97. The van der Waals surface area contributed by atoms with E-state index in [0.29, 0.717) is 22.0 Å². The maximum Gasteiger partial charge on any atom is 0.256 e. The Hall–Kier alpha value is -2.01. The standard InChI is InChI=1S/C12H11N3OS/c13-9-4-1-3-8(7-9)12(16)15-11-10(17)5-2-6-14-11/h1-7,17H,13H2,(H,14,15,16). The predicted octanol–water partition coefficient (Wildman–Crippen LogP) is 2.20. The van der Waals surface area contributed by atoms with Crippen LogP contribution in [-0.4, -0.2) is 10.9 Å². The molecule has 2 rings (SSSR count). The number of rotatable bonds is 2. The van der Waals surface area contributed by atoms with Gasteiger partial charge in [-0.1, -0.05) is 6.07 Å². The van der Waals surface area contributed by atoms with Gasteiger partial charge in [-0.2, -0.15) is 0 Å². The summed E-state index contributed by atoms with van der Waals surface area (Å²) in [6.45, 7) is 0. The van der Waals surface area contributed by atoms with E-state index in [4.69, 9.17) is 5.73 Å². The summed E-state index contributed by atoms with van der Waals surface area (Å²) in [7, 11) is 0. The van der Waals surface area contributed by atoms with Gasteiger partial charge < -0.3 is 11.1 Å². The van der Waals surface area contributed by atoms with E-state index in [-0.39, 0.29) is 5.91 Å². The molecule has 0 aliphatic heterocycles. The van der Waals surface area contributed by atoms with E-state index < -0.39 is 0 Å². The number of nitrogens with one attached hydrogen (secondary N) is 1. The lowest BCUT2D eigenvalue weighted by Crippen LogP contribution is -2.13. The van der Waals surface area contributed by atoms with Gasteiger partial charge in [-0.05, 0) is 30.3 Å². The van der Waals surface area contributed by atoms with E-state index in [1.807, 2.05) is 0 Å². The summed E-state index contributed by atoms with van der Waals surface area (Å²) < 4.78 is 0. The SMILES string of the molecule is Nc1cccc(C(=O)Nc2ncccc2S)c1. The lowest BCUT2D eigenvalue weighted by Gasteiger charge is -2.06. The Balaban J connectivity index is 2.20. The number of carbonyl (C=O) groups is 1. The molecule has 0 aliphatic carbocycles. The number of carbonyl (C=O) groups excluding carboxylic acids is 1. The van der Waals surface area contributed by atoms with Gasteiger partial charge in [0.15, 0.2) is 0 Å². The number of hydrogen-bond acceptors (Lipinski definition) is 4. The average molecular weight is 245 g/mol. The smallest absolute Gasteiger partial charge is 0.256 e. The van der Waals surface area contributed by atoms with Gasteiger partial charge in [-0.3, -0.25) is 4.79 Å². The molecular formula is C12H11N3OS.